The molecule has 0 radical (unpaired) electrons. The van der Waals surface area contributed by atoms with Gasteiger partial charge in [-0.05, 0) is 31.4 Å². The van der Waals surface area contributed by atoms with Crippen molar-refractivity contribution in [2.75, 3.05) is 26.8 Å². The zero-order chi connectivity index (χ0) is 20.4. The molecule has 0 spiro atoms. The van der Waals surface area contributed by atoms with Crippen LogP contribution in [0.25, 0.3) is 0 Å². The van der Waals surface area contributed by atoms with E-state index in [4.69, 9.17) is 14.5 Å². The van der Waals surface area contributed by atoms with Crippen LogP contribution >= 0.6 is 0 Å². The normalized spacial score (nSPS) is 35.7. The Morgan fingerprint density at radius 2 is 2.14 bits per heavy atom. The van der Waals surface area contributed by atoms with Gasteiger partial charge in [0.2, 0.25) is 0 Å². The molecule has 1 aliphatic carbocycles. The van der Waals surface area contributed by atoms with Crippen LogP contribution in [0.3, 0.4) is 0 Å². The molecule has 4 atom stereocenters. The first-order valence-electron chi connectivity index (χ1n) is 10.3. The lowest BCUT2D eigenvalue weighted by Gasteiger charge is -2.64. The molecular weight excluding hydrogens is 368 g/mol. The first kappa shape index (κ1) is 18.6. The first-order valence-corrected chi connectivity index (χ1v) is 10.3. The Morgan fingerprint density at radius 1 is 1.34 bits per heavy atom. The Hall–Kier alpha value is -2.47. The second-order valence-electron chi connectivity index (χ2n) is 8.55. The van der Waals surface area contributed by atoms with E-state index in [1.54, 1.807) is 0 Å². The van der Waals surface area contributed by atoms with E-state index < -0.39 is 10.8 Å². The zero-order valence-electron chi connectivity index (χ0n) is 17.1. The van der Waals surface area contributed by atoms with Crippen LogP contribution in [-0.4, -0.2) is 55.4 Å². The molecule has 6 heteroatoms. The van der Waals surface area contributed by atoms with Crippen molar-refractivity contribution in [2.24, 2.45) is 16.3 Å². The largest absolute Gasteiger partial charge is 0.468 e. The van der Waals surface area contributed by atoms with Crippen molar-refractivity contribution in [3.8, 4) is 0 Å². The summed E-state index contributed by atoms with van der Waals surface area (Å²) in [5.74, 6) is -0.737. The van der Waals surface area contributed by atoms with Crippen molar-refractivity contribution < 1.29 is 19.1 Å². The number of piperidine rings is 2. The Bertz CT molecular complexity index is 967. The van der Waals surface area contributed by atoms with Crippen LogP contribution in [0.1, 0.15) is 32.3 Å². The van der Waals surface area contributed by atoms with Crippen LogP contribution in [-0.2, 0) is 24.5 Å². The summed E-state index contributed by atoms with van der Waals surface area (Å²) in [6.45, 7) is 5.13. The highest BCUT2D eigenvalue weighted by Crippen LogP contribution is 2.66. The summed E-state index contributed by atoms with van der Waals surface area (Å²) >= 11 is 0. The van der Waals surface area contributed by atoms with Gasteiger partial charge in [0.05, 0.1) is 24.3 Å². The highest BCUT2D eigenvalue weighted by atomic mass is 16.5. The fourth-order valence-electron chi connectivity index (χ4n) is 6.52. The number of rotatable bonds is 3. The van der Waals surface area contributed by atoms with Crippen LogP contribution < -0.4 is 0 Å². The van der Waals surface area contributed by atoms with Crippen molar-refractivity contribution in [3.63, 3.8) is 0 Å². The number of hydrogen-bond acceptors (Lipinski definition) is 6. The lowest BCUT2D eigenvalue weighted by Crippen LogP contribution is -2.75. The van der Waals surface area contributed by atoms with Gasteiger partial charge in [-0.25, -0.2) is 0 Å². The van der Waals surface area contributed by atoms with E-state index >= 15 is 0 Å². The first-order chi connectivity index (χ1) is 14.0. The molecule has 152 valence electrons. The molecule has 3 fully saturated rings. The maximum absolute atomic E-state index is 13.7. The number of hydrogen-bond donors (Lipinski definition) is 0. The summed E-state index contributed by atoms with van der Waals surface area (Å²) in [5.41, 5.74) is 2.65. The number of esters is 2. The van der Waals surface area contributed by atoms with Crippen molar-refractivity contribution in [2.45, 2.75) is 38.1 Å². The third-order valence-corrected chi connectivity index (χ3v) is 7.64. The minimum atomic E-state index is -1.01. The molecule has 2 saturated heterocycles. The molecule has 4 aliphatic rings. The number of carbonyl (C=O) groups is 2. The molecule has 1 aromatic carbocycles. The van der Waals surface area contributed by atoms with Gasteiger partial charge >= 0.3 is 11.9 Å². The number of para-hydroxylation sites is 1. The molecule has 3 aliphatic heterocycles. The fraction of sp³-hybridized carbons (Fsp3) is 0.522. The summed E-state index contributed by atoms with van der Waals surface area (Å²) in [5, 5.41) is 0. The summed E-state index contributed by atoms with van der Waals surface area (Å²) in [6.07, 6.45) is 3.69. The van der Waals surface area contributed by atoms with E-state index in [1.165, 1.54) is 19.6 Å². The fourth-order valence-corrected chi connectivity index (χ4v) is 6.52. The third-order valence-electron chi connectivity index (χ3n) is 7.64. The van der Waals surface area contributed by atoms with Gasteiger partial charge in [-0.3, -0.25) is 19.5 Å². The molecular formula is C23H26N2O4. The van der Waals surface area contributed by atoms with Gasteiger partial charge in [0, 0.05) is 31.6 Å². The molecule has 1 aromatic rings. The van der Waals surface area contributed by atoms with Gasteiger partial charge in [0.1, 0.15) is 12.0 Å². The molecule has 6 nitrogen and oxygen atoms in total. The van der Waals surface area contributed by atoms with Gasteiger partial charge in [0.15, 0.2) is 0 Å². The quantitative estimate of drug-likeness (QED) is 0.583. The summed E-state index contributed by atoms with van der Waals surface area (Å²) in [4.78, 5) is 33.1. The molecule has 3 bridgehead atoms. The monoisotopic (exact) mass is 394 g/mol. The van der Waals surface area contributed by atoms with Gasteiger partial charge in [-0.1, -0.05) is 29.8 Å². The minimum absolute atomic E-state index is 0.0110. The van der Waals surface area contributed by atoms with Crippen LogP contribution in [0, 0.1) is 11.3 Å². The van der Waals surface area contributed by atoms with Crippen molar-refractivity contribution in [1.82, 2.24) is 4.90 Å². The Labute approximate surface area is 170 Å². The topological polar surface area (TPSA) is 68.2 Å². The molecule has 29 heavy (non-hydrogen) atoms. The Kier molecular flexibility index (Phi) is 4.01. The van der Waals surface area contributed by atoms with Crippen LogP contribution in [0.4, 0.5) is 5.69 Å². The van der Waals surface area contributed by atoms with Gasteiger partial charge in [-0.2, -0.15) is 0 Å². The van der Waals surface area contributed by atoms with Crippen molar-refractivity contribution in [1.29, 1.82) is 0 Å². The molecule has 0 N–H and O–H groups in total. The van der Waals surface area contributed by atoms with Crippen molar-refractivity contribution in [3.05, 3.63) is 41.5 Å². The summed E-state index contributed by atoms with van der Waals surface area (Å²) in [6, 6.07) is 8.31. The van der Waals surface area contributed by atoms with Gasteiger partial charge in [0.25, 0.3) is 0 Å². The number of ether oxygens (including phenoxy) is 2. The smallest absolute Gasteiger partial charge is 0.317 e. The second kappa shape index (κ2) is 6.26. The van der Waals surface area contributed by atoms with Gasteiger partial charge < -0.3 is 9.47 Å². The molecule has 0 amide bonds. The summed E-state index contributed by atoms with van der Waals surface area (Å²) in [7, 11) is 1.44. The molecule has 1 unspecified atom stereocenters. The third kappa shape index (κ3) is 2.13. The number of benzene rings is 1. The number of nitrogens with zero attached hydrogens (tertiary/aromatic N) is 2. The second-order valence-corrected chi connectivity index (χ2v) is 8.55. The highest BCUT2D eigenvalue weighted by molar-refractivity contribution is 6.11. The lowest BCUT2D eigenvalue weighted by atomic mass is 9.43. The Balaban J connectivity index is 1.83. The number of methoxy groups -OCH3 is 1. The molecule has 5 rings (SSSR count). The SMILES string of the molecule is C/C=C1/CN2CC[C@]34C(=Nc5ccccc53)C2C[C@@H]1[C@@]4(COC(C)=O)C(=O)OC. The number of aliphatic imine (C=N–C) groups is 1. The van der Waals surface area contributed by atoms with E-state index in [-0.39, 0.29) is 30.5 Å². The maximum Gasteiger partial charge on any atom is 0.317 e. The highest BCUT2D eigenvalue weighted by Gasteiger charge is 2.74. The van der Waals surface area contributed by atoms with Crippen LogP contribution in [0.15, 0.2) is 40.9 Å². The average molecular weight is 394 g/mol. The standard InChI is InChI=1S/C23H26N2O4/c1-4-15-12-25-10-9-22-16-7-5-6-8-18(16)24-20(22)19(25)11-17(15)23(22,21(27)28-3)13-29-14(2)26/h4-8,17,19H,9-13H2,1-3H3/b15-4-/t17-,19?,22+,23-/m0/s1. The zero-order valence-corrected chi connectivity index (χ0v) is 17.1. The summed E-state index contributed by atoms with van der Waals surface area (Å²) < 4.78 is 11.1. The molecule has 3 heterocycles. The van der Waals surface area contributed by atoms with E-state index in [2.05, 4.69) is 17.0 Å². The molecule has 1 saturated carbocycles. The maximum atomic E-state index is 13.7. The van der Waals surface area contributed by atoms with Crippen LogP contribution in [0.5, 0.6) is 0 Å². The number of allylic oxidation sites excluding steroid dienone is 1. The Morgan fingerprint density at radius 3 is 2.86 bits per heavy atom. The average Bonchev–Trinajstić information content (AvgIpc) is 3.09. The number of carbonyl (C=O) groups excluding carboxylic acids is 2. The van der Waals surface area contributed by atoms with Crippen molar-refractivity contribution >= 4 is 23.3 Å². The predicted octanol–water partition coefficient (Wildman–Crippen LogP) is 2.79. The van der Waals surface area contributed by atoms with Gasteiger partial charge in [-0.15, -0.1) is 0 Å². The molecule has 0 aromatic heterocycles. The van der Waals surface area contributed by atoms with E-state index in [9.17, 15) is 9.59 Å². The number of fused-ring (bicyclic) bond motifs is 2. The van der Waals surface area contributed by atoms with E-state index in [0.29, 0.717) is 0 Å². The minimum Gasteiger partial charge on any atom is -0.468 e. The van der Waals surface area contributed by atoms with E-state index in [1.807, 2.05) is 25.1 Å². The van der Waals surface area contributed by atoms with E-state index in [0.717, 1.165) is 42.9 Å². The lowest BCUT2D eigenvalue weighted by molar-refractivity contribution is -0.176. The predicted molar refractivity (Wildman–Crippen MR) is 108 cm³/mol. The van der Waals surface area contributed by atoms with Crippen LogP contribution in [0.2, 0.25) is 0 Å².